The Morgan fingerprint density at radius 3 is 2.71 bits per heavy atom. The van der Waals surface area contributed by atoms with Gasteiger partial charge < -0.3 is 10.1 Å². The molecule has 1 rings (SSSR count). The van der Waals surface area contributed by atoms with Crippen molar-refractivity contribution in [2.24, 2.45) is 0 Å². The number of benzene rings is 1. The van der Waals surface area contributed by atoms with Crippen molar-refractivity contribution in [1.29, 1.82) is 0 Å². The van der Waals surface area contributed by atoms with Crippen molar-refractivity contribution in [2.45, 2.75) is 45.7 Å². The molecule has 1 aromatic carbocycles. The lowest BCUT2D eigenvalue weighted by Gasteiger charge is -2.21. The number of ether oxygens (including phenoxy) is 1. The molecule has 116 valence electrons. The van der Waals surface area contributed by atoms with E-state index in [-0.39, 0.29) is 16.1 Å². The van der Waals surface area contributed by atoms with Crippen molar-refractivity contribution in [3.8, 4) is 5.75 Å². The molecule has 0 unspecified atom stereocenters. The fourth-order valence-electron chi connectivity index (χ4n) is 1.73. The molecule has 1 aromatic rings. The third-order valence-electron chi connectivity index (χ3n) is 2.87. The lowest BCUT2D eigenvalue weighted by Crippen LogP contribution is -2.35. The van der Waals surface area contributed by atoms with Crippen molar-refractivity contribution in [1.82, 2.24) is 5.32 Å². The smallest absolute Gasteiger partial charge is 0.270 e. The van der Waals surface area contributed by atoms with Gasteiger partial charge in [-0.1, -0.05) is 6.08 Å². The summed E-state index contributed by atoms with van der Waals surface area (Å²) in [6.07, 6.45) is 3.62. The second-order valence-corrected chi connectivity index (χ2v) is 5.93. The number of unbranched alkanes of at least 4 members (excludes halogenated alkanes) is 1. The van der Waals surface area contributed by atoms with Gasteiger partial charge in [0.25, 0.3) is 5.69 Å². The van der Waals surface area contributed by atoms with E-state index < -0.39 is 0 Å². The van der Waals surface area contributed by atoms with Gasteiger partial charge in [-0.05, 0) is 39.7 Å². The molecule has 0 aliphatic rings. The first kappa shape index (κ1) is 17.2. The predicted molar refractivity (Wildman–Crippen MR) is 84.6 cm³/mol. The molecule has 0 amide bonds. The molecule has 0 heterocycles. The van der Waals surface area contributed by atoms with E-state index in [9.17, 15) is 10.1 Å². The standard InChI is InChI=1S/C16H24N2O3/c1-5-6-7-10-21-15-9-8-14(18(19)20)11-13(15)12-17-16(2,3)4/h5,8-9,11,17H,1,6-7,10,12H2,2-4H3. The highest BCUT2D eigenvalue weighted by Crippen LogP contribution is 2.25. The van der Waals surface area contributed by atoms with Crippen molar-refractivity contribution in [2.75, 3.05) is 6.61 Å². The lowest BCUT2D eigenvalue weighted by molar-refractivity contribution is -0.384. The molecule has 1 N–H and O–H groups in total. The molecule has 0 bridgehead atoms. The van der Waals surface area contributed by atoms with Gasteiger partial charge in [-0.2, -0.15) is 0 Å². The molecule has 0 saturated heterocycles. The van der Waals surface area contributed by atoms with Crippen LogP contribution in [0.5, 0.6) is 5.75 Å². The third-order valence-corrected chi connectivity index (χ3v) is 2.87. The molecular weight excluding hydrogens is 268 g/mol. The van der Waals surface area contributed by atoms with E-state index in [1.807, 2.05) is 6.08 Å². The summed E-state index contributed by atoms with van der Waals surface area (Å²) in [4.78, 5) is 10.5. The second kappa shape index (κ2) is 7.78. The van der Waals surface area contributed by atoms with Crippen LogP contribution in [-0.4, -0.2) is 17.1 Å². The van der Waals surface area contributed by atoms with Crippen LogP contribution in [0.15, 0.2) is 30.9 Å². The highest BCUT2D eigenvalue weighted by atomic mass is 16.6. The summed E-state index contributed by atoms with van der Waals surface area (Å²) < 4.78 is 5.73. The Kier molecular flexibility index (Phi) is 6.37. The number of hydrogen-bond donors (Lipinski definition) is 1. The summed E-state index contributed by atoms with van der Waals surface area (Å²) in [6, 6.07) is 4.72. The molecule has 0 radical (unpaired) electrons. The van der Waals surface area contributed by atoms with Crippen LogP contribution in [0, 0.1) is 10.1 Å². The van der Waals surface area contributed by atoms with Crippen LogP contribution >= 0.6 is 0 Å². The van der Waals surface area contributed by atoms with E-state index in [0.29, 0.717) is 18.9 Å². The molecule has 0 aliphatic heterocycles. The second-order valence-electron chi connectivity index (χ2n) is 5.93. The molecule has 0 atom stereocenters. The molecule has 0 aromatic heterocycles. The van der Waals surface area contributed by atoms with Crippen LogP contribution in [0.3, 0.4) is 0 Å². The Balaban J connectivity index is 2.83. The van der Waals surface area contributed by atoms with E-state index >= 15 is 0 Å². The molecule has 0 saturated carbocycles. The molecule has 5 nitrogen and oxygen atoms in total. The predicted octanol–water partition coefficient (Wildman–Crippen LogP) is 3.83. The van der Waals surface area contributed by atoms with E-state index in [0.717, 1.165) is 18.4 Å². The number of non-ortho nitro benzene ring substituents is 1. The number of nitrogens with zero attached hydrogens (tertiary/aromatic N) is 1. The molecule has 0 spiro atoms. The molecule has 0 fully saturated rings. The fraction of sp³-hybridized carbons (Fsp3) is 0.500. The quantitative estimate of drug-likeness (QED) is 0.342. The first-order valence-corrected chi connectivity index (χ1v) is 7.09. The summed E-state index contributed by atoms with van der Waals surface area (Å²) in [5.74, 6) is 0.696. The van der Waals surface area contributed by atoms with Crippen molar-refractivity contribution >= 4 is 5.69 Å². The largest absolute Gasteiger partial charge is 0.493 e. The maximum atomic E-state index is 10.9. The monoisotopic (exact) mass is 292 g/mol. The average Bonchev–Trinajstić information content (AvgIpc) is 2.41. The van der Waals surface area contributed by atoms with Crippen LogP contribution in [-0.2, 0) is 6.54 Å². The third kappa shape index (κ3) is 6.40. The normalized spacial score (nSPS) is 11.2. The van der Waals surface area contributed by atoms with E-state index in [1.54, 1.807) is 12.1 Å². The van der Waals surface area contributed by atoms with Gasteiger partial charge >= 0.3 is 0 Å². The molecule has 0 aliphatic carbocycles. The zero-order valence-corrected chi connectivity index (χ0v) is 13.0. The Bertz CT molecular complexity index is 493. The number of hydrogen-bond acceptors (Lipinski definition) is 4. The number of nitrogens with one attached hydrogen (secondary N) is 1. The number of nitro groups is 1. The fourth-order valence-corrected chi connectivity index (χ4v) is 1.73. The topological polar surface area (TPSA) is 64.4 Å². The first-order chi connectivity index (χ1) is 9.83. The molecule has 21 heavy (non-hydrogen) atoms. The first-order valence-electron chi connectivity index (χ1n) is 7.09. The zero-order chi connectivity index (χ0) is 15.9. The van der Waals surface area contributed by atoms with E-state index in [1.165, 1.54) is 6.07 Å². The van der Waals surface area contributed by atoms with Gasteiger partial charge in [0.05, 0.1) is 11.5 Å². The van der Waals surface area contributed by atoms with Crippen LogP contribution < -0.4 is 10.1 Å². The summed E-state index contributed by atoms with van der Waals surface area (Å²) >= 11 is 0. The Morgan fingerprint density at radius 2 is 2.14 bits per heavy atom. The maximum Gasteiger partial charge on any atom is 0.270 e. The van der Waals surface area contributed by atoms with Crippen molar-refractivity contribution < 1.29 is 9.66 Å². The van der Waals surface area contributed by atoms with Crippen molar-refractivity contribution in [3.05, 3.63) is 46.5 Å². The minimum Gasteiger partial charge on any atom is -0.493 e. The van der Waals surface area contributed by atoms with Crippen molar-refractivity contribution in [3.63, 3.8) is 0 Å². The van der Waals surface area contributed by atoms with Gasteiger partial charge in [0.15, 0.2) is 0 Å². The van der Waals surface area contributed by atoms with Gasteiger partial charge in [0.2, 0.25) is 0 Å². The van der Waals surface area contributed by atoms with Gasteiger partial charge in [-0.15, -0.1) is 6.58 Å². The van der Waals surface area contributed by atoms with Crippen LogP contribution in [0.2, 0.25) is 0 Å². The minimum atomic E-state index is -0.387. The summed E-state index contributed by atoms with van der Waals surface area (Å²) in [5, 5.41) is 14.2. The Hall–Kier alpha value is -1.88. The van der Waals surface area contributed by atoms with Gasteiger partial charge in [-0.25, -0.2) is 0 Å². The summed E-state index contributed by atoms with van der Waals surface area (Å²) in [6.45, 7) is 10.9. The van der Waals surface area contributed by atoms with Crippen LogP contribution in [0.4, 0.5) is 5.69 Å². The highest BCUT2D eigenvalue weighted by Gasteiger charge is 2.15. The Morgan fingerprint density at radius 1 is 1.43 bits per heavy atom. The van der Waals surface area contributed by atoms with Gasteiger partial charge in [0.1, 0.15) is 5.75 Å². The summed E-state index contributed by atoms with van der Waals surface area (Å²) in [5.41, 5.74) is 0.821. The number of nitro benzene ring substituents is 1. The Labute approximate surface area is 126 Å². The van der Waals surface area contributed by atoms with Gasteiger partial charge in [0, 0.05) is 29.8 Å². The maximum absolute atomic E-state index is 10.9. The average molecular weight is 292 g/mol. The van der Waals surface area contributed by atoms with E-state index in [4.69, 9.17) is 4.74 Å². The summed E-state index contributed by atoms with van der Waals surface area (Å²) in [7, 11) is 0. The number of rotatable bonds is 8. The van der Waals surface area contributed by atoms with Gasteiger partial charge in [-0.3, -0.25) is 10.1 Å². The molecule has 5 heteroatoms. The minimum absolute atomic E-state index is 0.0648. The van der Waals surface area contributed by atoms with Crippen LogP contribution in [0.25, 0.3) is 0 Å². The number of allylic oxidation sites excluding steroid dienone is 1. The molecular formula is C16H24N2O3. The van der Waals surface area contributed by atoms with Crippen LogP contribution in [0.1, 0.15) is 39.2 Å². The highest BCUT2D eigenvalue weighted by molar-refractivity contribution is 5.43. The lowest BCUT2D eigenvalue weighted by atomic mass is 10.1. The zero-order valence-electron chi connectivity index (χ0n) is 13.0. The SMILES string of the molecule is C=CCCCOc1ccc([N+](=O)[O-])cc1CNC(C)(C)C. The van der Waals surface area contributed by atoms with E-state index in [2.05, 4.69) is 32.7 Å².